The third-order valence-corrected chi connectivity index (χ3v) is 4.43. The number of rotatable bonds is 4. The third kappa shape index (κ3) is 2.44. The summed E-state index contributed by atoms with van der Waals surface area (Å²) in [5.41, 5.74) is 0.788. The van der Waals surface area contributed by atoms with Gasteiger partial charge in [0.15, 0.2) is 5.65 Å². The first-order chi connectivity index (χ1) is 11.7. The Hall–Kier alpha value is -3.07. The molecule has 120 valence electrons. The van der Waals surface area contributed by atoms with E-state index in [-0.39, 0.29) is 11.5 Å². The van der Waals surface area contributed by atoms with Gasteiger partial charge in [0, 0.05) is 25.5 Å². The highest BCUT2D eigenvalue weighted by Crippen LogP contribution is 2.13. The van der Waals surface area contributed by atoms with E-state index in [2.05, 4.69) is 20.4 Å². The minimum Gasteiger partial charge on any atom is -0.350 e. The van der Waals surface area contributed by atoms with E-state index in [1.54, 1.807) is 24.5 Å². The second kappa shape index (κ2) is 5.85. The molecule has 1 amide bonds. The van der Waals surface area contributed by atoms with Gasteiger partial charge in [0.05, 0.1) is 17.9 Å². The molecule has 0 aromatic carbocycles. The Balaban J connectivity index is 1.47. The molecule has 0 fully saturated rings. The Labute approximate surface area is 139 Å². The van der Waals surface area contributed by atoms with Crippen LogP contribution in [-0.4, -0.2) is 36.6 Å². The molecule has 0 aliphatic heterocycles. The van der Waals surface area contributed by atoms with Crippen molar-refractivity contribution in [1.82, 2.24) is 29.5 Å². The van der Waals surface area contributed by atoms with Crippen LogP contribution in [-0.2, 0) is 6.54 Å². The summed E-state index contributed by atoms with van der Waals surface area (Å²) in [4.78, 5) is 33.6. The Morgan fingerprint density at radius 2 is 2.25 bits per heavy atom. The highest BCUT2D eigenvalue weighted by Gasteiger charge is 2.13. The number of nitrogens with one attached hydrogen (secondary N) is 1. The van der Waals surface area contributed by atoms with Crippen LogP contribution in [0.2, 0.25) is 0 Å². The molecule has 9 heteroatoms. The molecule has 0 atom stereocenters. The second-order valence-corrected chi connectivity index (χ2v) is 5.98. The van der Waals surface area contributed by atoms with E-state index in [1.165, 1.54) is 32.9 Å². The van der Waals surface area contributed by atoms with Crippen LogP contribution < -0.4 is 10.9 Å². The fraction of sp³-hybridized carbons (Fsp3) is 0.133. The topological polar surface area (TPSA) is 94.2 Å². The third-order valence-electron chi connectivity index (χ3n) is 3.61. The van der Waals surface area contributed by atoms with Gasteiger partial charge in [0.1, 0.15) is 10.4 Å². The van der Waals surface area contributed by atoms with Crippen LogP contribution in [0.1, 0.15) is 10.4 Å². The zero-order valence-electron chi connectivity index (χ0n) is 12.4. The van der Waals surface area contributed by atoms with Gasteiger partial charge < -0.3 is 5.32 Å². The van der Waals surface area contributed by atoms with E-state index < -0.39 is 0 Å². The van der Waals surface area contributed by atoms with Crippen LogP contribution in [0.3, 0.4) is 0 Å². The van der Waals surface area contributed by atoms with E-state index in [0.717, 1.165) is 4.83 Å². The van der Waals surface area contributed by atoms with E-state index in [0.29, 0.717) is 29.7 Å². The number of hydrogen-bond acceptors (Lipinski definition) is 6. The van der Waals surface area contributed by atoms with Crippen LogP contribution in [0, 0.1) is 0 Å². The molecular formula is C15H12N6O2S. The first kappa shape index (κ1) is 14.5. The van der Waals surface area contributed by atoms with Crippen LogP contribution >= 0.6 is 11.3 Å². The monoisotopic (exact) mass is 340 g/mol. The van der Waals surface area contributed by atoms with Crippen LogP contribution in [0.5, 0.6) is 0 Å². The molecule has 1 N–H and O–H groups in total. The van der Waals surface area contributed by atoms with Crippen molar-refractivity contribution in [3.05, 3.63) is 58.3 Å². The Kier molecular flexibility index (Phi) is 3.54. The summed E-state index contributed by atoms with van der Waals surface area (Å²) in [5, 5.41) is 9.29. The van der Waals surface area contributed by atoms with Crippen molar-refractivity contribution in [2.45, 2.75) is 6.54 Å². The Bertz CT molecular complexity index is 1100. The lowest BCUT2D eigenvalue weighted by Crippen LogP contribution is -2.30. The number of carbonyl (C=O) groups excluding carboxylic acids is 1. The Morgan fingerprint density at radius 1 is 1.33 bits per heavy atom. The van der Waals surface area contributed by atoms with E-state index in [9.17, 15) is 9.59 Å². The van der Waals surface area contributed by atoms with E-state index >= 15 is 0 Å². The SMILES string of the molecule is O=C(NCCn1cnc2sccc2c1=O)c1cnn2cccnc12. The van der Waals surface area contributed by atoms with Crippen LogP contribution in [0.4, 0.5) is 0 Å². The number of nitrogens with zero attached hydrogens (tertiary/aromatic N) is 5. The lowest BCUT2D eigenvalue weighted by Gasteiger charge is -2.06. The average Bonchev–Trinajstić information content (AvgIpc) is 3.23. The van der Waals surface area contributed by atoms with Crippen LogP contribution in [0.15, 0.2) is 47.2 Å². The van der Waals surface area contributed by atoms with Gasteiger partial charge >= 0.3 is 0 Å². The molecule has 8 nitrogen and oxygen atoms in total. The number of carbonyl (C=O) groups is 1. The Morgan fingerprint density at radius 3 is 3.17 bits per heavy atom. The predicted octanol–water partition coefficient (Wildman–Crippen LogP) is 0.931. The fourth-order valence-corrected chi connectivity index (χ4v) is 3.15. The molecule has 4 aromatic rings. The van der Waals surface area contributed by atoms with Gasteiger partial charge in [-0.25, -0.2) is 14.5 Å². The molecule has 0 unspecified atom stereocenters. The van der Waals surface area contributed by atoms with Gasteiger partial charge in [0.25, 0.3) is 11.5 Å². The molecule has 0 saturated carbocycles. The summed E-state index contributed by atoms with van der Waals surface area (Å²) in [5.74, 6) is -0.277. The van der Waals surface area contributed by atoms with E-state index in [4.69, 9.17) is 0 Å². The second-order valence-electron chi connectivity index (χ2n) is 5.08. The summed E-state index contributed by atoms with van der Waals surface area (Å²) < 4.78 is 3.03. The standard InChI is InChI=1S/C15H12N6O2S/c22-13(11-8-19-21-5-1-3-16-12(11)21)17-4-6-20-9-18-14-10(15(20)23)2-7-24-14/h1-3,5,7-9H,4,6H2,(H,17,22). The summed E-state index contributed by atoms with van der Waals surface area (Å²) in [7, 11) is 0. The summed E-state index contributed by atoms with van der Waals surface area (Å²) in [6, 6.07) is 3.50. The fourth-order valence-electron chi connectivity index (χ4n) is 2.43. The van der Waals surface area contributed by atoms with E-state index in [1.807, 2.05) is 5.38 Å². The summed E-state index contributed by atoms with van der Waals surface area (Å²) in [6.45, 7) is 0.649. The molecule has 4 heterocycles. The average molecular weight is 340 g/mol. The van der Waals surface area contributed by atoms with Gasteiger partial charge in [-0.05, 0) is 17.5 Å². The van der Waals surface area contributed by atoms with Gasteiger partial charge in [-0.3, -0.25) is 14.2 Å². The molecule has 24 heavy (non-hydrogen) atoms. The number of thiophene rings is 1. The molecule has 0 bridgehead atoms. The number of amides is 1. The van der Waals surface area contributed by atoms with Crippen molar-refractivity contribution in [1.29, 1.82) is 0 Å². The highest BCUT2D eigenvalue weighted by molar-refractivity contribution is 7.16. The van der Waals surface area contributed by atoms with Crippen molar-refractivity contribution < 1.29 is 4.79 Å². The molecular weight excluding hydrogens is 328 g/mol. The smallest absolute Gasteiger partial charge is 0.262 e. The number of hydrogen-bond donors (Lipinski definition) is 1. The normalized spacial score (nSPS) is 11.2. The lowest BCUT2D eigenvalue weighted by atomic mass is 10.3. The van der Waals surface area contributed by atoms with Crippen molar-refractivity contribution in [2.75, 3.05) is 6.54 Å². The number of aromatic nitrogens is 5. The quantitative estimate of drug-likeness (QED) is 0.596. The maximum Gasteiger partial charge on any atom is 0.262 e. The maximum atomic E-state index is 12.3. The molecule has 0 saturated heterocycles. The maximum absolute atomic E-state index is 12.3. The molecule has 4 rings (SSSR count). The molecule has 0 radical (unpaired) electrons. The molecule has 0 spiro atoms. The van der Waals surface area contributed by atoms with Crippen molar-refractivity contribution in [2.24, 2.45) is 0 Å². The van der Waals surface area contributed by atoms with Crippen molar-refractivity contribution in [3.63, 3.8) is 0 Å². The molecule has 0 aliphatic rings. The zero-order valence-corrected chi connectivity index (χ0v) is 13.2. The first-order valence-corrected chi connectivity index (χ1v) is 8.11. The lowest BCUT2D eigenvalue weighted by molar-refractivity contribution is 0.0953. The van der Waals surface area contributed by atoms with Gasteiger partial charge in [-0.15, -0.1) is 11.3 Å². The number of fused-ring (bicyclic) bond motifs is 2. The highest BCUT2D eigenvalue weighted by atomic mass is 32.1. The van der Waals surface area contributed by atoms with Crippen molar-refractivity contribution in [3.8, 4) is 0 Å². The minimum atomic E-state index is -0.277. The minimum absolute atomic E-state index is 0.104. The molecule has 0 aliphatic carbocycles. The first-order valence-electron chi connectivity index (χ1n) is 7.23. The van der Waals surface area contributed by atoms with Crippen molar-refractivity contribution >= 4 is 33.1 Å². The molecule has 4 aromatic heterocycles. The van der Waals surface area contributed by atoms with Gasteiger partial charge in [0.2, 0.25) is 0 Å². The summed E-state index contributed by atoms with van der Waals surface area (Å²) >= 11 is 1.43. The summed E-state index contributed by atoms with van der Waals surface area (Å²) in [6.07, 6.45) is 6.31. The zero-order chi connectivity index (χ0) is 16.5. The van der Waals surface area contributed by atoms with Crippen LogP contribution in [0.25, 0.3) is 15.9 Å². The van der Waals surface area contributed by atoms with Gasteiger partial charge in [-0.1, -0.05) is 0 Å². The van der Waals surface area contributed by atoms with Gasteiger partial charge in [-0.2, -0.15) is 5.10 Å². The predicted molar refractivity (Wildman–Crippen MR) is 89.2 cm³/mol. The largest absolute Gasteiger partial charge is 0.350 e.